The van der Waals surface area contributed by atoms with Gasteiger partial charge in [-0.25, -0.2) is 9.97 Å². The van der Waals surface area contributed by atoms with Gasteiger partial charge in [0, 0.05) is 51.7 Å². The number of aromatic nitrogens is 2. The van der Waals surface area contributed by atoms with E-state index in [2.05, 4.69) is 27.0 Å². The van der Waals surface area contributed by atoms with Gasteiger partial charge in [0.2, 0.25) is 5.91 Å². The highest BCUT2D eigenvalue weighted by atomic mass is 16.2. The fourth-order valence-electron chi connectivity index (χ4n) is 4.12. The van der Waals surface area contributed by atoms with Crippen LogP contribution >= 0.6 is 0 Å². The second-order valence-corrected chi connectivity index (χ2v) is 7.52. The van der Waals surface area contributed by atoms with E-state index >= 15 is 0 Å². The van der Waals surface area contributed by atoms with E-state index in [1.165, 1.54) is 12.4 Å². The van der Waals surface area contributed by atoms with Gasteiger partial charge in [0.1, 0.15) is 0 Å². The van der Waals surface area contributed by atoms with Crippen LogP contribution in [0.2, 0.25) is 0 Å². The predicted octanol–water partition coefficient (Wildman–Crippen LogP) is 1.01. The van der Waals surface area contributed by atoms with Crippen molar-refractivity contribution >= 4 is 17.6 Å². The first-order chi connectivity index (χ1) is 14.1. The monoisotopic (exact) mass is 394 g/mol. The molecule has 2 aromatic rings. The van der Waals surface area contributed by atoms with Gasteiger partial charge in [-0.05, 0) is 18.4 Å². The Balaban J connectivity index is 1.36. The smallest absolute Gasteiger partial charge is 0.276 e. The van der Waals surface area contributed by atoms with Crippen molar-refractivity contribution in [2.75, 3.05) is 38.5 Å². The van der Waals surface area contributed by atoms with Gasteiger partial charge >= 0.3 is 0 Å². The lowest BCUT2D eigenvalue weighted by Gasteiger charge is -2.42. The molecule has 2 aliphatic rings. The Bertz CT molecular complexity index is 866. The third-order valence-electron chi connectivity index (χ3n) is 5.69. The number of amides is 2. The SMILES string of the molecule is Nc1nccnc1C(=O)N1CCN(C2CCCN(Cc3ccccc3)C2=O)CC1. The number of carbonyl (C=O) groups is 2. The Morgan fingerprint density at radius 2 is 1.76 bits per heavy atom. The molecule has 152 valence electrons. The number of rotatable bonds is 4. The minimum Gasteiger partial charge on any atom is -0.382 e. The summed E-state index contributed by atoms with van der Waals surface area (Å²) in [7, 11) is 0. The number of benzene rings is 1. The number of nitrogens with zero attached hydrogens (tertiary/aromatic N) is 5. The molecule has 0 radical (unpaired) electrons. The Hall–Kier alpha value is -3.00. The molecule has 0 aliphatic carbocycles. The number of hydrogen-bond donors (Lipinski definition) is 1. The molecule has 1 aromatic carbocycles. The number of likely N-dealkylation sites (tertiary alicyclic amines) is 1. The lowest BCUT2D eigenvalue weighted by atomic mass is 10.0. The van der Waals surface area contributed by atoms with Crippen LogP contribution in [0.15, 0.2) is 42.7 Å². The molecule has 0 saturated carbocycles. The minimum absolute atomic E-state index is 0.105. The first-order valence-electron chi connectivity index (χ1n) is 10.1. The summed E-state index contributed by atoms with van der Waals surface area (Å²) in [5, 5.41) is 0. The molecule has 8 nitrogen and oxygen atoms in total. The van der Waals surface area contributed by atoms with E-state index in [4.69, 9.17) is 5.73 Å². The molecule has 29 heavy (non-hydrogen) atoms. The van der Waals surface area contributed by atoms with Crippen molar-refractivity contribution in [2.24, 2.45) is 0 Å². The fourth-order valence-corrected chi connectivity index (χ4v) is 4.12. The predicted molar refractivity (Wildman–Crippen MR) is 109 cm³/mol. The number of anilines is 1. The molecule has 2 amide bonds. The van der Waals surface area contributed by atoms with Crippen LogP contribution in [0.5, 0.6) is 0 Å². The number of hydrogen-bond acceptors (Lipinski definition) is 6. The highest BCUT2D eigenvalue weighted by Crippen LogP contribution is 2.21. The topological polar surface area (TPSA) is 95.7 Å². The molecule has 2 aliphatic heterocycles. The van der Waals surface area contributed by atoms with E-state index in [9.17, 15) is 9.59 Å². The largest absolute Gasteiger partial charge is 0.382 e. The van der Waals surface area contributed by atoms with Gasteiger partial charge in [-0.15, -0.1) is 0 Å². The molecule has 2 fully saturated rings. The number of nitrogens with two attached hydrogens (primary N) is 1. The van der Waals surface area contributed by atoms with Crippen molar-refractivity contribution < 1.29 is 9.59 Å². The van der Waals surface area contributed by atoms with Crippen LogP contribution < -0.4 is 5.73 Å². The van der Waals surface area contributed by atoms with Gasteiger partial charge in [0.05, 0.1) is 6.04 Å². The maximum absolute atomic E-state index is 13.1. The Labute approximate surface area is 170 Å². The van der Waals surface area contributed by atoms with Gasteiger partial charge in [-0.2, -0.15) is 0 Å². The first kappa shape index (κ1) is 19.3. The maximum Gasteiger partial charge on any atom is 0.276 e. The van der Waals surface area contributed by atoms with Crippen LogP contribution in [0.3, 0.4) is 0 Å². The zero-order valence-corrected chi connectivity index (χ0v) is 16.4. The zero-order chi connectivity index (χ0) is 20.2. The standard InChI is InChI=1S/C21H26N6O2/c22-19-18(23-8-9-24-19)21(29)26-13-11-25(12-14-26)17-7-4-10-27(20(17)28)15-16-5-2-1-3-6-16/h1-3,5-6,8-9,17H,4,7,10-15H2,(H2,22,24). The van der Waals surface area contributed by atoms with Gasteiger partial charge in [0.25, 0.3) is 5.91 Å². The molecule has 8 heteroatoms. The second kappa shape index (κ2) is 8.57. The highest BCUT2D eigenvalue weighted by Gasteiger charge is 2.35. The van der Waals surface area contributed by atoms with Crippen molar-refractivity contribution in [2.45, 2.75) is 25.4 Å². The maximum atomic E-state index is 13.1. The van der Waals surface area contributed by atoms with E-state index in [-0.39, 0.29) is 29.4 Å². The second-order valence-electron chi connectivity index (χ2n) is 7.52. The van der Waals surface area contributed by atoms with Crippen LogP contribution in [-0.2, 0) is 11.3 Å². The van der Waals surface area contributed by atoms with Crippen LogP contribution in [0.4, 0.5) is 5.82 Å². The summed E-state index contributed by atoms with van der Waals surface area (Å²) in [6.45, 7) is 3.90. The van der Waals surface area contributed by atoms with Crippen LogP contribution in [-0.4, -0.2) is 75.2 Å². The Morgan fingerprint density at radius 1 is 1.03 bits per heavy atom. The number of carbonyl (C=O) groups excluding carboxylic acids is 2. The lowest BCUT2D eigenvalue weighted by molar-refractivity contribution is -0.141. The normalized spacial score (nSPS) is 20.7. The van der Waals surface area contributed by atoms with Gasteiger partial charge < -0.3 is 15.5 Å². The molecule has 1 aromatic heterocycles. The van der Waals surface area contributed by atoms with Crippen LogP contribution in [0.25, 0.3) is 0 Å². The summed E-state index contributed by atoms with van der Waals surface area (Å²) in [5.74, 6) is 0.146. The molecule has 0 spiro atoms. The number of piperidine rings is 1. The van der Waals surface area contributed by atoms with Crippen LogP contribution in [0.1, 0.15) is 28.9 Å². The fraction of sp³-hybridized carbons (Fsp3) is 0.429. The summed E-state index contributed by atoms with van der Waals surface area (Å²) in [4.78, 5) is 39.7. The summed E-state index contributed by atoms with van der Waals surface area (Å²) in [6, 6.07) is 9.99. The number of piperazine rings is 1. The molecule has 3 heterocycles. The van der Waals surface area contributed by atoms with Crippen LogP contribution in [0, 0.1) is 0 Å². The average molecular weight is 394 g/mol. The third kappa shape index (κ3) is 4.22. The Morgan fingerprint density at radius 3 is 2.48 bits per heavy atom. The minimum atomic E-state index is -0.198. The molecule has 1 atom stereocenters. The van der Waals surface area contributed by atoms with E-state index in [0.717, 1.165) is 24.9 Å². The molecular weight excluding hydrogens is 368 g/mol. The van der Waals surface area contributed by atoms with E-state index < -0.39 is 0 Å². The molecule has 1 unspecified atom stereocenters. The van der Waals surface area contributed by atoms with E-state index in [1.807, 2.05) is 23.1 Å². The van der Waals surface area contributed by atoms with E-state index in [1.54, 1.807) is 4.90 Å². The van der Waals surface area contributed by atoms with Crippen molar-refractivity contribution in [3.63, 3.8) is 0 Å². The summed E-state index contributed by atoms with van der Waals surface area (Å²) in [5.41, 5.74) is 7.14. The lowest BCUT2D eigenvalue weighted by Crippen LogP contribution is -2.58. The van der Waals surface area contributed by atoms with Gasteiger partial charge in [-0.1, -0.05) is 30.3 Å². The summed E-state index contributed by atoms with van der Waals surface area (Å²) >= 11 is 0. The Kier molecular flexibility index (Phi) is 5.71. The first-order valence-corrected chi connectivity index (χ1v) is 10.1. The molecule has 4 rings (SSSR count). The average Bonchev–Trinajstić information content (AvgIpc) is 2.76. The summed E-state index contributed by atoms with van der Waals surface area (Å²) in [6.07, 6.45) is 4.81. The quantitative estimate of drug-likeness (QED) is 0.831. The van der Waals surface area contributed by atoms with Gasteiger partial charge in [-0.3, -0.25) is 14.5 Å². The summed E-state index contributed by atoms with van der Waals surface area (Å²) < 4.78 is 0. The zero-order valence-electron chi connectivity index (χ0n) is 16.4. The number of nitrogen functional groups attached to an aromatic ring is 1. The third-order valence-corrected chi connectivity index (χ3v) is 5.69. The van der Waals surface area contributed by atoms with Gasteiger partial charge in [0.15, 0.2) is 11.5 Å². The van der Waals surface area contributed by atoms with Crippen molar-refractivity contribution in [3.05, 3.63) is 54.0 Å². The highest BCUT2D eigenvalue weighted by molar-refractivity contribution is 5.96. The molecule has 0 bridgehead atoms. The molecule has 2 saturated heterocycles. The molecule has 2 N–H and O–H groups in total. The van der Waals surface area contributed by atoms with Crippen molar-refractivity contribution in [3.8, 4) is 0 Å². The van der Waals surface area contributed by atoms with Crippen molar-refractivity contribution in [1.29, 1.82) is 0 Å². The van der Waals surface area contributed by atoms with E-state index in [0.29, 0.717) is 32.7 Å². The molecular formula is C21H26N6O2. The van der Waals surface area contributed by atoms with Crippen molar-refractivity contribution in [1.82, 2.24) is 24.7 Å².